The number of hydrogen-bond donors (Lipinski definition) is 1. The van der Waals surface area contributed by atoms with Crippen LogP contribution in [0.5, 0.6) is 11.5 Å². The molecular weight excluding hydrogens is 614 g/mol. The second-order valence-electron chi connectivity index (χ2n) is 13.6. The van der Waals surface area contributed by atoms with Gasteiger partial charge >= 0.3 is 0 Å². The monoisotopic (exact) mass is 653 g/mol. The highest BCUT2D eigenvalue weighted by Gasteiger charge is 2.39. The Morgan fingerprint density at radius 2 is 1.23 bits per heavy atom. The van der Waals surface area contributed by atoms with Crippen molar-refractivity contribution in [3.05, 3.63) is 162 Å². The summed E-state index contributed by atoms with van der Waals surface area (Å²) in [6, 6.07) is 49.2. The topological polar surface area (TPSA) is 38.3 Å². The molecule has 0 aromatic heterocycles. The highest BCUT2D eigenvalue weighted by molar-refractivity contribution is 7.84. The molecule has 7 rings (SSSR count). The fraction of sp³-hybridized carbons (Fsp3) is 0.190. The molecule has 236 valence electrons. The van der Waals surface area contributed by atoms with Gasteiger partial charge in [0.2, 0.25) is 0 Å². The Labute approximate surface area is 282 Å². The molecule has 1 N–H and O–H groups in total. The zero-order valence-electron chi connectivity index (χ0n) is 27.5. The van der Waals surface area contributed by atoms with E-state index in [1.807, 2.05) is 20.8 Å². The van der Waals surface area contributed by atoms with E-state index in [-0.39, 0.29) is 11.5 Å². The lowest BCUT2D eigenvalue weighted by Gasteiger charge is -2.38. The Kier molecular flexibility index (Phi) is 8.39. The van der Waals surface area contributed by atoms with Gasteiger partial charge in [-0.3, -0.25) is 0 Å². The summed E-state index contributed by atoms with van der Waals surface area (Å²) >= 11 is 0. The molecule has 6 aromatic carbocycles. The molecule has 0 saturated carbocycles. The van der Waals surface area contributed by atoms with E-state index in [2.05, 4.69) is 158 Å². The molecule has 1 aliphatic rings. The molecule has 0 saturated heterocycles. The first-order valence-electron chi connectivity index (χ1n) is 16.1. The van der Waals surface area contributed by atoms with Gasteiger partial charge in [0.15, 0.2) is 0 Å². The summed E-state index contributed by atoms with van der Waals surface area (Å²) in [6.07, 6.45) is 0. The Morgan fingerprint density at radius 1 is 0.660 bits per heavy atom. The van der Waals surface area contributed by atoms with Crippen molar-refractivity contribution >= 4 is 45.6 Å². The van der Waals surface area contributed by atoms with Crippen LogP contribution in [0.4, 0.5) is 0 Å². The van der Waals surface area contributed by atoms with Crippen LogP contribution in [-0.4, -0.2) is 8.96 Å². The average Bonchev–Trinajstić information content (AvgIpc) is 3.08. The fourth-order valence-electron chi connectivity index (χ4n) is 6.50. The lowest BCUT2D eigenvalue weighted by atomic mass is 9.74. The Balaban J connectivity index is 1.42. The lowest BCUT2D eigenvalue weighted by Crippen LogP contribution is -2.37. The maximum Gasteiger partial charge on any atom is 0.139 e. The summed E-state index contributed by atoms with van der Waals surface area (Å²) in [4.78, 5) is 0. The zero-order chi connectivity index (χ0) is 32.8. The summed E-state index contributed by atoms with van der Waals surface area (Å²) < 4.78 is 24.1. The number of ether oxygens (including phenoxy) is 1. The lowest BCUT2D eigenvalue weighted by molar-refractivity contribution is 0.413. The summed E-state index contributed by atoms with van der Waals surface area (Å²) in [5, 5.41) is 6.07. The molecule has 6 aromatic rings. The Bertz CT molecular complexity index is 2050. The second-order valence-corrected chi connectivity index (χ2v) is 17.8. The van der Waals surface area contributed by atoms with Gasteiger partial charge in [0.1, 0.15) is 11.5 Å². The number of para-hydroxylation sites is 2. The van der Waals surface area contributed by atoms with E-state index in [1.165, 1.54) is 26.9 Å². The van der Waals surface area contributed by atoms with E-state index in [4.69, 9.17) is 4.74 Å². The van der Waals surface area contributed by atoms with E-state index in [0.717, 1.165) is 33.6 Å². The van der Waals surface area contributed by atoms with Gasteiger partial charge in [0.25, 0.3) is 0 Å². The van der Waals surface area contributed by atoms with Gasteiger partial charge in [-0.15, -0.1) is 0 Å². The van der Waals surface area contributed by atoms with Crippen molar-refractivity contribution in [2.24, 2.45) is 0 Å². The van der Waals surface area contributed by atoms with E-state index in [0.29, 0.717) is 0 Å². The van der Waals surface area contributed by atoms with Crippen LogP contribution in [0.2, 0.25) is 0 Å². The highest BCUT2D eigenvalue weighted by Crippen LogP contribution is 2.52. The maximum absolute atomic E-state index is 13.8. The average molecular weight is 654 g/mol. The highest BCUT2D eigenvalue weighted by atomic mass is 32.2. The molecule has 0 bridgehead atoms. The first-order valence-corrected chi connectivity index (χ1v) is 18.6. The molecule has 1 aliphatic heterocycles. The van der Waals surface area contributed by atoms with Gasteiger partial charge in [0, 0.05) is 27.4 Å². The number of benzene rings is 6. The maximum atomic E-state index is 13.8. The van der Waals surface area contributed by atoms with E-state index < -0.39 is 23.7 Å². The van der Waals surface area contributed by atoms with Crippen LogP contribution in [0.25, 0.3) is 10.8 Å². The van der Waals surface area contributed by atoms with Crippen LogP contribution in [0, 0.1) is 0 Å². The SMILES string of the molecule is CC1(C)c2cccc([C@H](NS(=O)C(C)(C)C)c3ccc4ccccc4c3)c2Oc2c(P(c3ccccc3)c3ccccc3)cccc21. The van der Waals surface area contributed by atoms with Crippen LogP contribution in [-0.2, 0) is 16.4 Å². The second kappa shape index (κ2) is 12.5. The van der Waals surface area contributed by atoms with Crippen LogP contribution in [0.15, 0.2) is 140 Å². The minimum absolute atomic E-state index is 0.333. The fourth-order valence-corrected chi connectivity index (χ4v) is 9.73. The molecular formula is C42H40NO2PS. The summed E-state index contributed by atoms with van der Waals surface area (Å²) in [6.45, 7) is 10.6. The quantitative estimate of drug-likeness (QED) is 0.175. The zero-order valence-corrected chi connectivity index (χ0v) is 29.2. The molecule has 47 heavy (non-hydrogen) atoms. The van der Waals surface area contributed by atoms with Gasteiger partial charge < -0.3 is 4.74 Å². The third-order valence-electron chi connectivity index (χ3n) is 9.06. The smallest absolute Gasteiger partial charge is 0.139 e. The molecule has 1 unspecified atom stereocenters. The molecule has 0 radical (unpaired) electrons. The van der Waals surface area contributed by atoms with Crippen molar-refractivity contribution in [3.63, 3.8) is 0 Å². The minimum atomic E-state index is -1.33. The van der Waals surface area contributed by atoms with Crippen LogP contribution < -0.4 is 25.4 Å². The molecule has 0 amide bonds. The first-order chi connectivity index (χ1) is 22.6. The molecule has 2 atom stereocenters. The standard InChI is InChI=1S/C42H40NO2PS/c1-41(2,3)47(44)43-38(31-27-26-29-16-12-13-17-30(29)28-31)34-22-14-23-35-39(34)45-40-36(42(35,4)5)24-15-25-37(40)46(32-18-8-6-9-19-32)33-20-10-7-11-21-33/h6-28,38,43H,1-5H3/t38-,47?/m1/s1. The summed E-state index contributed by atoms with van der Waals surface area (Å²) in [7, 11) is -2.23. The summed E-state index contributed by atoms with van der Waals surface area (Å²) in [5.41, 5.74) is 3.99. The molecule has 0 spiro atoms. The van der Waals surface area contributed by atoms with Gasteiger partial charge in [-0.2, -0.15) is 0 Å². The van der Waals surface area contributed by atoms with Crippen molar-refractivity contribution in [1.82, 2.24) is 4.72 Å². The van der Waals surface area contributed by atoms with Gasteiger partial charge in [-0.05, 0) is 61.7 Å². The normalized spacial score (nSPS) is 15.0. The third-order valence-corrected chi connectivity index (χ3v) is 13.1. The van der Waals surface area contributed by atoms with Crippen molar-refractivity contribution in [2.45, 2.75) is 50.8 Å². The number of nitrogens with one attached hydrogen (secondary N) is 1. The van der Waals surface area contributed by atoms with E-state index >= 15 is 0 Å². The van der Waals surface area contributed by atoms with Gasteiger partial charge in [-0.25, -0.2) is 8.93 Å². The van der Waals surface area contributed by atoms with E-state index in [1.54, 1.807) is 0 Å². The predicted octanol–water partition coefficient (Wildman–Crippen LogP) is 9.17. The Hall–Kier alpha value is -4.08. The van der Waals surface area contributed by atoms with Crippen LogP contribution in [0.1, 0.15) is 62.9 Å². The van der Waals surface area contributed by atoms with Crippen molar-refractivity contribution in [2.75, 3.05) is 0 Å². The first kappa shape index (κ1) is 31.5. The molecule has 1 heterocycles. The number of hydrogen-bond acceptors (Lipinski definition) is 2. The molecule has 5 heteroatoms. The van der Waals surface area contributed by atoms with Crippen molar-refractivity contribution in [1.29, 1.82) is 0 Å². The van der Waals surface area contributed by atoms with Crippen LogP contribution >= 0.6 is 7.92 Å². The van der Waals surface area contributed by atoms with Crippen molar-refractivity contribution in [3.8, 4) is 11.5 Å². The molecule has 0 aliphatic carbocycles. The number of fused-ring (bicyclic) bond motifs is 3. The predicted molar refractivity (Wildman–Crippen MR) is 201 cm³/mol. The third kappa shape index (κ3) is 5.95. The van der Waals surface area contributed by atoms with Gasteiger partial charge in [0.05, 0.1) is 21.8 Å². The van der Waals surface area contributed by atoms with E-state index in [9.17, 15) is 4.21 Å². The molecule has 0 fully saturated rings. The van der Waals surface area contributed by atoms with Gasteiger partial charge in [-0.1, -0.05) is 147 Å². The Morgan fingerprint density at radius 3 is 1.87 bits per heavy atom. The van der Waals surface area contributed by atoms with Crippen molar-refractivity contribution < 1.29 is 8.95 Å². The largest absolute Gasteiger partial charge is 0.456 e. The number of rotatable bonds is 7. The minimum Gasteiger partial charge on any atom is -0.456 e. The van der Waals surface area contributed by atoms with Crippen LogP contribution in [0.3, 0.4) is 0 Å². The summed E-state index contributed by atoms with van der Waals surface area (Å²) in [5.74, 6) is 1.76. The molecule has 3 nitrogen and oxygen atoms in total.